The summed E-state index contributed by atoms with van der Waals surface area (Å²) >= 11 is 0. The summed E-state index contributed by atoms with van der Waals surface area (Å²) in [5, 5.41) is 2.13. The smallest absolute Gasteiger partial charge is 0.309 e. The van der Waals surface area contributed by atoms with Crippen LogP contribution in [0.1, 0.15) is 19.8 Å². The minimum absolute atomic E-state index is 0.0304. The molecule has 1 aromatic rings. The van der Waals surface area contributed by atoms with Crippen LogP contribution < -0.4 is 16.1 Å². The van der Waals surface area contributed by atoms with Crippen LogP contribution >= 0.6 is 0 Å². The molecule has 0 spiro atoms. The second kappa shape index (κ2) is 8.50. The molecule has 0 atom stereocenters. The molecule has 0 radical (unpaired) electrons. The van der Waals surface area contributed by atoms with Gasteiger partial charge in [-0.05, 0) is 26.8 Å². The third-order valence-corrected chi connectivity index (χ3v) is 5.04. The number of anilines is 3. The number of nitrogens with one attached hydrogen (secondary N) is 1. The van der Waals surface area contributed by atoms with Gasteiger partial charge in [-0.15, -0.1) is 0 Å². The lowest BCUT2D eigenvalue weighted by atomic mass is 9.97. The van der Waals surface area contributed by atoms with Gasteiger partial charge in [0.15, 0.2) is 11.6 Å². The second-order valence-electron chi connectivity index (χ2n) is 6.88. The van der Waals surface area contributed by atoms with E-state index in [0.717, 1.165) is 57.9 Å². The molecule has 0 amide bonds. The molecule has 9 heteroatoms. The van der Waals surface area contributed by atoms with Crippen LogP contribution in [-0.2, 0) is 9.53 Å². The Bertz CT molecular complexity index is 611. The van der Waals surface area contributed by atoms with E-state index in [9.17, 15) is 4.79 Å². The number of rotatable bonds is 5. The Morgan fingerprint density at radius 3 is 2.58 bits per heavy atom. The molecule has 1 aromatic heterocycles. The number of hydrazine groups is 1. The maximum atomic E-state index is 11.9. The van der Waals surface area contributed by atoms with Gasteiger partial charge in [-0.2, -0.15) is 0 Å². The highest BCUT2D eigenvalue weighted by Crippen LogP contribution is 2.30. The number of aromatic nitrogens is 2. The molecule has 3 N–H and O–H groups in total. The van der Waals surface area contributed by atoms with Crippen LogP contribution in [0.5, 0.6) is 0 Å². The van der Waals surface area contributed by atoms with Gasteiger partial charge in [0.2, 0.25) is 0 Å². The number of hydrogen-bond acceptors (Lipinski definition) is 9. The lowest BCUT2D eigenvalue weighted by Crippen LogP contribution is -2.47. The summed E-state index contributed by atoms with van der Waals surface area (Å²) in [6.45, 7) is 7.58. The molecular weight excluding hydrogens is 334 g/mol. The van der Waals surface area contributed by atoms with E-state index >= 15 is 0 Å². The summed E-state index contributed by atoms with van der Waals surface area (Å²) in [6, 6.07) is 0. The van der Waals surface area contributed by atoms with Gasteiger partial charge in [0.1, 0.15) is 12.0 Å². The largest absolute Gasteiger partial charge is 0.466 e. The van der Waals surface area contributed by atoms with E-state index in [0.29, 0.717) is 18.1 Å². The van der Waals surface area contributed by atoms with Crippen molar-refractivity contribution in [1.82, 2.24) is 19.9 Å². The first kappa shape index (κ1) is 18.7. The van der Waals surface area contributed by atoms with Crippen molar-refractivity contribution in [1.29, 1.82) is 0 Å². The fourth-order valence-corrected chi connectivity index (χ4v) is 3.38. The van der Waals surface area contributed by atoms with E-state index in [1.165, 1.54) is 0 Å². The minimum Gasteiger partial charge on any atom is -0.466 e. The van der Waals surface area contributed by atoms with Crippen LogP contribution in [0.4, 0.5) is 17.3 Å². The predicted molar refractivity (Wildman–Crippen MR) is 101 cm³/mol. The lowest BCUT2D eigenvalue weighted by Gasteiger charge is -2.34. The normalized spacial score (nSPS) is 20.2. The van der Waals surface area contributed by atoms with Crippen LogP contribution in [-0.4, -0.2) is 78.8 Å². The summed E-state index contributed by atoms with van der Waals surface area (Å²) in [4.78, 5) is 25.0. The SMILES string of the molecule is CCOC(=O)C1CCN(c2ncnc(NN3CCN(C)CC3)c2N)CC1. The number of piperidine rings is 1. The number of carbonyl (C=O) groups excluding carboxylic acids is 1. The highest BCUT2D eigenvalue weighted by atomic mass is 16.5. The van der Waals surface area contributed by atoms with Crippen molar-refractivity contribution in [2.45, 2.75) is 19.8 Å². The first-order chi connectivity index (χ1) is 12.6. The Labute approximate surface area is 154 Å². The van der Waals surface area contributed by atoms with Gasteiger partial charge in [0.05, 0.1) is 12.5 Å². The molecule has 0 unspecified atom stereocenters. The van der Waals surface area contributed by atoms with Gasteiger partial charge in [0.25, 0.3) is 0 Å². The zero-order valence-electron chi connectivity index (χ0n) is 15.6. The predicted octanol–water partition coefficient (Wildman–Crippen LogP) is 0.413. The zero-order valence-corrected chi connectivity index (χ0v) is 15.6. The molecule has 9 nitrogen and oxygen atoms in total. The maximum absolute atomic E-state index is 11.9. The van der Waals surface area contributed by atoms with Crippen molar-refractivity contribution in [3.8, 4) is 0 Å². The summed E-state index contributed by atoms with van der Waals surface area (Å²) in [5.74, 6) is 1.25. The van der Waals surface area contributed by atoms with Crippen LogP contribution in [0.2, 0.25) is 0 Å². The Balaban J connectivity index is 1.62. The third-order valence-electron chi connectivity index (χ3n) is 5.04. The Kier molecular flexibility index (Phi) is 6.10. The Morgan fingerprint density at radius 2 is 1.92 bits per heavy atom. The van der Waals surface area contributed by atoms with Gasteiger partial charge in [-0.3, -0.25) is 4.79 Å². The van der Waals surface area contributed by atoms with Crippen molar-refractivity contribution in [2.24, 2.45) is 5.92 Å². The van der Waals surface area contributed by atoms with Crippen LogP contribution in [0.3, 0.4) is 0 Å². The molecule has 0 saturated carbocycles. The van der Waals surface area contributed by atoms with Gasteiger partial charge in [0, 0.05) is 39.3 Å². The molecule has 2 fully saturated rings. The van der Waals surface area contributed by atoms with Crippen molar-refractivity contribution in [3.63, 3.8) is 0 Å². The molecule has 0 aliphatic carbocycles. The zero-order chi connectivity index (χ0) is 18.5. The maximum Gasteiger partial charge on any atom is 0.309 e. The average Bonchev–Trinajstić information content (AvgIpc) is 2.66. The number of esters is 1. The summed E-state index contributed by atoms with van der Waals surface area (Å²) < 4.78 is 5.13. The molecule has 2 aliphatic heterocycles. The first-order valence-electron chi connectivity index (χ1n) is 9.30. The Morgan fingerprint density at radius 1 is 1.23 bits per heavy atom. The fourth-order valence-electron chi connectivity index (χ4n) is 3.38. The molecule has 0 bridgehead atoms. The summed E-state index contributed by atoms with van der Waals surface area (Å²) in [6.07, 6.45) is 3.05. The van der Waals surface area contributed by atoms with E-state index in [-0.39, 0.29) is 11.9 Å². The van der Waals surface area contributed by atoms with E-state index < -0.39 is 0 Å². The van der Waals surface area contributed by atoms with Crippen molar-refractivity contribution in [2.75, 3.05) is 69.0 Å². The standard InChI is InChI=1S/C17H29N7O2/c1-3-26-17(25)13-4-6-23(7-5-13)16-14(18)15(19-12-20-16)21-24-10-8-22(2)9-11-24/h12-13H,3-11,18H2,1-2H3,(H,19,20,21). The Hall–Kier alpha value is -2.13. The van der Waals surface area contributed by atoms with Gasteiger partial charge in [-0.25, -0.2) is 15.0 Å². The van der Waals surface area contributed by atoms with Crippen LogP contribution in [0.25, 0.3) is 0 Å². The van der Waals surface area contributed by atoms with Crippen molar-refractivity contribution >= 4 is 23.3 Å². The third kappa shape index (κ3) is 4.34. The van der Waals surface area contributed by atoms with Gasteiger partial charge in [-0.1, -0.05) is 0 Å². The molecular formula is C17H29N7O2. The average molecular weight is 363 g/mol. The van der Waals surface area contributed by atoms with Gasteiger partial charge < -0.3 is 25.7 Å². The van der Waals surface area contributed by atoms with Crippen molar-refractivity contribution in [3.05, 3.63) is 6.33 Å². The molecule has 144 valence electrons. The van der Waals surface area contributed by atoms with Crippen molar-refractivity contribution < 1.29 is 9.53 Å². The van der Waals surface area contributed by atoms with E-state index in [1.54, 1.807) is 6.33 Å². The summed E-state index contributed by atoms with van der Waals surface area (Å²) in [5.41, 5.74) is 10.2. The number of piperazine rings is 1. The molecule has 26 heavy (non-hydrogen) atoms. The highest BCUT2D eigenvalue weighted by molar-refractivity contribution is 5.76. The van der Waals surface area contributed by atoms with Crippen LogP contribution in [0.15, 0.2) is 6.33 Å². The first-order valence-corrected chi connectivity index (χ1v) is 9.30. The number of nitrogen functional groups attached to an aromatic ring is 1. The van der Waals surface area contributed by atoms with E-state index in [4.69, 9.17) is 10.5 Å². The molecule has 3 heterocycles. The quantitative estimate of drug-likeness (QED) is 0.721. The fraction of sp³-hybridized carbons (Fsp3) is 0.706. The molecule has 0 aromatic carbocycles. The number of hydrogen-bond donors (Lipinski definition) is 2. The van der Waals surface area contributed by atoms with E-state index in [1.807, 2.05) is 6.92 Å². The highest BCUT2D eigenvalue weighted by Gasteiger charge is 2.28. The van der Waals surface area contributed by atoms with E-state index in [2.05, 4.69) is 37.3 Å². The number of ether oxygens (including phenoxy) is 1. The molecule has 2 saturated heterocycles. The minimum atomic E-state index is -0.0970. The molecule has 3 rings (SSSR count). The number of nitrogens with zero attached hydrogens (tertiary/aromatic N) is 5. The van der Waals surface area contributed by atoms with Crippen LogP contribution in [0, 0.1) is 5.92 Å². The number of carbonyl (C=O) groups is 1. The summed E-state index contributed by atoms with van der Waals surface area (Å²) in [7, 11) is 2.12. The monoisotopic (exact) mass is 363 g/mol. The molecule has 2 aliphatic rings. The van der Waals surface area contributed by atoms with Gasteiger partial charge >= 0.3 is 5.97 Å². The number of nitrogens with two attached hydrogens (primary N) is 1. The second-order valence-corrected chi connectivity index (χ2v) is 6.88. The topological polar surface area (TPSA) is 99.8 Å². The number of likely N-dealkylation sites (N-methyl/N-ethyl adjacent to an activating group) is 1. The lowest BCUT2D eigenvalue weighted by molar-refractivity contribution is -0.148.